The Kier molecular flexibility index (Phi) is 4.77. The predicted octanol–water partition coefficient (Wildman–Crippen LogP) is 3.68. The highest BCUT2D eigenvalue weighted by Crippen LogP contribution is 2.37. The number of nitrogens with two attached hydrogens (primary N) is 1. The molecule has 0 bridgehead atoms. The zero-order chi connectivity index (χ0) is 19.0. The summed E-state index contributed by atoms with van der Waals surface area (Å²) in [6, 6.07) is 14.8. The normalized spacial score (nSPS) is 19.1. The molecule has 0 radical (unpaired) electrons. The van der Waals surface area contributed by atoms with E-state index in [1.165, 1.54) is 16.3 Å². The van der Waals surface area contributed by atoms with Crippen molar-refractivity contribution in [3.05, 3.63) is 48.0 Å². The summed E-state index contributed by atoms with van der Waals surface area (Å²) in [6.07, 6.45) is 3.58. The summed E-state index contributed by atoms with van der Waals surface area (Å²) < 4.78 is 0. The molecule has 2 N–H and O–H groups in total. The maximum absolute atomic E-state index is 13.3. The number of carbonyl (C=O) groups excluding carboxylic acids is 2. The monoisotopic (exact) mass is 365 g/mol. The SMILES string of the molecule is C[C@@H](c1ccc2ccccc2c1)N(C(=O)C1CCN(C(N)=O)CC1)C1CC1. The zero-order valence-corrected chi connectivity index (χ0v) is 15.8. The highest BCUT2D eigenvalue weighted by Gasteiger charge is 2.40. The maximum atomic E-state index is 13.3. The molecular formula is C22H27N3O2. The number of primary amides is 1. The topological polar surface area (TPSA) is 66.6 Å². The Hall–Kier alpha value is -2.56. The summed E-state index contributed by atoms with van der Waals surface area (Å²) in [5.74, 6) is 0.228. The van der Waals surface area contributed by atoms with Crippen LogP contribution < -0.4 is 5.73 Å². The van der Waals surface area contributed by atoms with E-state index in [9.17, 15) is 9.59 Å². The molecule has 4 rings (SSSR count). The van der Waals surface area contributed by atoms with Crippen molar-refractivity contribution in [2.24, 2.45) is 11.7 Å². The van der Waals surface area contributed by atoms with Crippen LogP contribution in [0.4, 0.5) is 4.79 Å². The van der Waals surface area contributed by atoms with Gasteiger partial charge in [-0.3, -0.25) is 4.79 Å². The standard InChI is InChI=1S/C22H27N3O2/c1-15(18-7-6-16-4-2-3-5-19(16)14-18)25(20-8-9-20)21(26)17-10-12-24(13-11-17)22(23)27/h2-7,14-15,17,20H,8-13H2,1H3,(H2,23,27)/t15-/m0/s1. The highest BCUT2D eigenvalue weighted by atomic mass is 16.2. The van der Waals surface area contributed by atoms with Crippen LogP contribution >= 0.6 is 0 Å². The van der Waals surface area contributed by atoms with Crippen molar-refractivity contribution in [1.29, 1.82) is 0 Å². The van der Waals surface area contributed by atoms with Gasteiger partial charge < -0.3 is 15.5 Å². The number of likely N-dealkylation sites (tertiary alicyclic amines) is 1. The minimum Gasteiger partial charge on any atom is -0.351 e. The van der Waals surface area contributed by atoms with Gasteiger partial charge in [-0.25, -0.2) is 4.79 Å². The number of fused-ring (bicyclic) bond motifs is 1. The number of amides is 3. The lowest BCUT2D eigenvalue weighted by molar-refractivity contribution is -0.139. The molecular weight excluding hydrogens is 338 g/mol. The molecule has 0 spiro atoms. The lowest BCUT2D eigenvalue weighted by Gasteiger charge is -2.36. The van der Waals surface area contributed by atoms with Crippen LogP contribution in [0.1, 0.15) is 44.2 Å². The first-order chi connectivity index (χ1) is 13.0. The van der Waals surface area contributed by atoms with Crippen LogP contribution in [0.3, 0.4) is 0 Å². The Morgan fingerprint density at radius 1 is 1.04 bits per heavy atom. The van der Waals surface area contributed by atoms with E-state index in [4.69, 9.17) is 5.73 Å². The van der Waals surface area contributed by atoms with Gasteiger partial charge in [-0.05, 0) is 55.0 Å². The van der Waals surface area contributed by atoms with E-state index in [0.717, 1.165) is 12.8 Å². The summed E-state index contributed by atoms with van der Waals surface area (Å²) in [4.78, 5) is 28.4. The molecule has 2 aromatic carbocycles. The number of nitrogens with zero attached hydrogens (tertiary/aromatic N) is 2. The van der Waals surface area contributed by atoms with Crippen molar-refractivity contribution < 1.29 is 9.59 Å². The average Bonchev–Trinajstić information content (AvgIpc) is 3.52. The molecule has 1 saturated heterocycles. The van der Waals surface area contributed by atoms with Crippen molar-refractivity contribution in [3.8, 4) is 0 Å². The van der Waals surface area contributed by atoms with Gasteiger partial charge in [0.1, 0.15) is 0 Å². The Balaban J connectivity index is 1.53. The molecule has 5 nitrogen and oxygen atoms in total. The number of carbonyl (C=O) groups is 2. The first-order valence-corrected chi connectivity index (χ1v) is 9.90. The van der Waals surface area contributed by atoms with Crippen molar-refractivity contribution in [1.82, 2.24) is 9.80 Å². The molecule has 1 atom stereocenters. The fraction of sp³-hybridized carbons (Fsp3) is 0.455. The molecule has 0 unspecified atom stereocenters. The van der Waals surface area contributed by atoms with Crippen LogP contribution in [0.15, 0.2) is 42.5 Å². The Morgan fingerprint density at radius 2 is 1.70 bits per heavy atom. The molecule has 27 heavy (non-hydrogen) atoms. The molecule has 2 aliphatic rings. The third-order valence-electron chi connectivity index (χ3n) is 6.02. The van der Waals surface area contributed by atoms with Crippen LogP contribution in [-0.4, -0.2) is 40.9 Å². The van der Waals surface area contributed by atoms with Crippen molar-refractivity contribution >= 4 is 22.7 Å². The molecule has 1 saturated carbocycles. The van der Waals surface area contributed by atoms with Crippen molar-refractivity contribution in [2.45, 2.75) is 44.7 Å². The fourth-order valence-corrected chi connectivity index (χ4v) is 4.23. The predicted molar refractivity (Wildman–Crippen MR) is 106 cm³/mol. The van der Waals surface area contributed by atoms with Gasteiger partial charge >= 0.3 is 6.03 Å². The Morgan fingerprint density at radius 3 is 2.33 bits per heavy atom. The molecule has 2 aromatic rings. The first-order valence-electron chi connectivity index (χ1n) is 9.90. The first kappa shape index (κ1) is 17.8. The molecule has 2 fully saturated rings. The fourth-order valence-electron chi connectivity index (χ4n) is 4.23. The number of urea groups is 1. The van der Waals surface area contributed by atoms with Crippen LogP contribution in [0, 0.1) is 5.92 Å². The second kappa shape index (κ2) is 7.22. The number of piperidine rings is 1. The molecule has 3 amide bonds. The maximum Gasteiger partial charge on any atom is 0.314 e. The third-order valence-corrected chi connectivity index (χ3v) is 6.02. The second-order valence-corrected chi connectivity index (χ2v) is 7.86. The van der Waals surface area contributed by atoms with Gasteiger partial charge in [0.25, 0.3) is 0 Å². The molecule has 1 aliphatic heterocycles. The van der Waals surface area contributed by atoms with Crippen LogP contribution in [-0.2, 0) is 4.79 Å². The second-order valence-electron chi connectivity index (χ2n) is 7.86. The van der Waals surface area contributed by atoms with Gasteiger partial charge in [-0.2, -0.15) is 0 Å². The van der Waals surface area contributed by atoms with E-state index < -0.39 is 0 Å². The third kappa shape index (κ3) is 3.64. The molecule has 142 valence electrons. The van der Waals surface area contributed by atoms with E-state index in [1.54, 1.807) is 4.90 Å². The molecule has 1 heterocycles. The summed E-state index contributed by atoms with van der Waals surface area (Å²) in [5, 5.41) is 2.43. The van der Waals surface area contributed by atoms with Gasteiger partial charge in [-0.15, -0.1) is 0 Å². The highest BCUT2D eigenvalue weighted by molar-refractivity contribution is 5.84. The quantitative estimate of drug-likeness (QED) is 0.898. The minimum atomic E-state index is -0.385. The smallest absolute Gasteiger partial charge is 0.314 e. The Labute approximate surface area is 160 Å². The number of hydrogen-bond donors (Lipinski definition) is 1. The molecule has 0 aromatic heterocycles. The summed E-state index contributed by atoms with van der Waals surface area (Å²) in [7, 11) is 0. The van der Waals surface area contributed by atoms with Crippen LogP contribution in [0.2, 0.25) is 0 Å². The minimum absolute atomic E-state index is 0.0101. The number of hydrogen-bond acceptors (Lipinski definition) is 2. The molecule has 5 heteroatoms. The van der Waals surface area contributed by atoms with Gasteiger partial charge in [-0.1, -0.05) is 36.4 Å². The van der Waals surface area contributed by atoms with Crippen LogP contribution in [0.5, 0.6) is 0 Å². The van der Waals surface area contributed by atoms with Gasteiger partial charge in [0.05, 0.1) is 6.04 Å². The van der Waals surface area contributed by atoms with E-state index in [0.29, 0.717) is 32.0 Å². The van der Waals surface area contributed by atoms with Crippen LogP contribution in [0.25, 0.3) is 10.8 Å². The van der Waals surface area contributed by atoms with E-state index in [1.807, 2.05) is 12.1 Å². The lowest BCUT2D eigenvalue weighted by atomic mass is 9.93. The van der Waals surface area contributed by atoms with Gasteiger partial charge in [0.15, 0.2) is 0 Å². The van der Waals surface area contributed by atoms with E-state index >= 15 is 0 Å². The van der Waals surface area contributed by atoms with Gasteiger partial charge in [0, 0.05) is 25.0 Å². The lowest BCUT2D eigenvalue weighted by Crippen LogP contribution is -2.47. The average molecular weight is 365 g/mol. The van der Waals surface area contributed by atoms with Crippen molar-refractivity contribution in [2.75, 3.05) is 13.1 Å². The molecule has 1 aliphatic carbocycles. The summed E-state index contributed by atoms with van der Waals surface area (Å²) in [6.45, 7) is 3.29. The van der Waals surface area contributed by atoms with E-state index in [-0.39, 0.29) is 23.9 Å². The van der Waals surface area contributed by atoms with E-state index in [2.05, 4.69) is 42.2 Å². The van der Waals surface area contributed by atoms with Crippen molar-refractivity contribution in [3.63, 3.8) is 0 Å². The summed E-state index contributed by atoms with van der Waals surface area (Å²) >= 11 is 0. The number of rotatable bonds is 4. The summed E-state index contributed by atoms with van der Waals surface area (Å²) in [5.41, 5.74) is 6.55. The largest absolute Gasteiger partial charge is 0.351 e. The number of benzene rings is 2. The van der Waals surface area contributed by atoms with Gasteiger partial charge in [0.2, 0.25) is 5.91 Å². The zero-order valence-electron chi connectivity index (χ0n) is 15.8. The Bertz CT molecular complexity index is 854.